The minimum absolute atomic E-state index is 0.108. The van der Waals surface area contributed by atoms with Gasteiger partial charge in [0.05, 0.1) is 0 Å². The van der Waals surface area contributed by atoms with Crippen molar-refractivity contribution in [2.24, 2.45) is 0 Å². The second-order valence-electron chi connectivity index (χ2n) is 3.97. The first-order chi connectivity index (χ1) is 9.29. The van der Waals surface area contributed by atoms with Gasteiger partial charge in [0.1, 0.15) is 10.6 Å². The van der Waals surface area contributed by atoms with E-state index >= 15 is 0 Å². The second-order valence-corrected chi connectivity index (χ2v) is 8.40. The summed E-state index contributed by atoms with van der Waals surface area (Å²) < 4.78 is 35.3. The van der Waals surface area contributed by atoms with Gasteiger partial charge in [-0.3, -0.25) is 9.00 Å². The third-order valence-corrected chi connectivity index (χ3v) is 5.29. The number of amides is 1. The van der Waals surface area contributed by atoms with Crippen LogP contribution >= 0.6 is 10.7 Å². The van der Waals surface area contributed by atoms with Gasteiger partial charge in [-0.05, 0) is 13.0 Å². The second kappa shape index (κ2) is 7.24. The molecular formula is C11H17ClN2O4S2. The number of nitrogens with zero attached hydrogens (tertiary/aromatic N) is 1. The monoisotopic (exact) mass is 340 g/mol. The van der Waals surface area contributed by atoms with Crippen molar-refractivity contribution in [1.29, 1.82) is 0 Å². The fourth-order valence-corrected chi connectivity index (χ4v) is 2.96. The lowest BCUT2D eigenvalue weighted by Gasteiger charge is -2.07. The summed E-state index contributed by atoms with van der Waals surface area (Å²) in [6, 6.07) is 1.23. The Hall–Kier alpha value is -0.860. The Kier molecular flexibility index (Phi) is 6.22. The van der Waals surface area contributed by atoms with E-state index < -0.39 is 25.8 Å². The molecule has 0 spiro atoms. The number of hydrogen-bond acceptors (Lipinski definition) is 4. The zero-order valence-corrected chi connectivity index (χ0v) is 13.6. The summed E-state index contributed by atoms with van der Waals surface area (Å²) in [6.45, 7) is 4.30. The molecule has 0 aliphatic rings. The molecule has 1 amide bonds. The predicted molar refractivity (Wildman–Crippen MR) is 79.0 cm³/mol. The van der Waals surface area contributed by atoms with Crippen LogP contribution in [0.1, 0.15) is 24.3 Å². The van der Waals surface area contributed by atoms with Crippen molar-refractivity contribution >= 4 is 36.4 Å². The van der Waals surface area contributed by atoms with Gasteiger partial charge < -0.3 is 9.88 Å². The third-order valence-electron chi connectivity index (χ3n) is 2.66. The molecular weight excluding hydrogens is 324 g/mol. The number of aromatic nitrogens is 1. The lowest BCUT2D eigenvalue weighted by Crippen LogP contribution is -2.29. The standard InChI is InChI=1S/C11H17ClN2O4S2/c1-3-14-8-9(20(12,17)18)7-10(14)11(15)13-5-6-19(16)4-2/h7-8H,3-6H2,1-2H3,(H,13,15). The number of aryl methyl sites for hydroxylation is 1. The highest BCUT2D eigenvalue weighted by molar-refractivity contribution is 8.13. The molecule has 0 aromatic carbocycles. The van der Waals surface area contributed by atoms with E-state index in [1.165, 1.54) is 16.8 Å². The maximum Gasteiger partial charge on any atom is 0.267 e. The average Bonchev–Trinajstić information content (AvgIpc) is 2.82. The van der Waals surface area contributed by atoms with Crippen molar-refractivity contribution < 1.29 is 17.4 Å². The molecule has 1 atom stereocenters. The summed E-state index contributed by atoms with van der Waals surface area (Å²) in [5.74, 6) is 0.498. The molecule has 0 aliphatic carbocycles. The number of nitrogens with one attached hydrogen (secondary N) is 1. The maximum absolute atomic E-state index is 12.0. The van der Waals surface area contributed by atoms with Crippen LogP contribution in [0.3, 0.4) is 0 Å². The number of hydrogen-bond donors (Lipinski definition) is 1. The molecule has 1 N–H and O–H groups in total. The first kappa shape index (κ1) is 17.2. The van der Waals surface area contributed by atoms with Gasteiger partial charge in [0, 0.05) is 52.3 Å². The molecule has 0 bridgehead atoms. The fraction of sp³-hybridized carbons (Fsp3) is 0.545. The third kappa shape index (κ3) is 4.60. The van der Waals surface area contributed by atoms with Gasteiger partial charge in [0.15, 0.2) is 0 Å². The molecule has 0 fully saturated rings. The van der Waals surface area contributed by atoms with Crippen LogP contribution in [-0.4, -0.2) is 41.2 Å². The fourth-order valence-electron chi connectivity index (χ4n) is 1.58. The molecule has 0 aliphatic heterocycles. The number of halogens is 1. The van der Waals surface area contributed by atoms with Gasteiger partial charge in [-0.2, -0.15) is 0 Å². The average molecular weight is 341 g/mol. The minimum Gasteiger partial charge on any atom is -0.350 e. The summed E-state index contributed by atoms with van der Waals surface area (Å²) in [6.07, 6.45) is 1.32. The Bertz CT molecular complexity index is 610. The lowest BCUT2D eigenvalue weighted by atomic mass is 10.4. The first-order valence-corrected chi connectivity index (χ1v) is 9.87. The summed E-state index contributed by atoms with van der Waals surface area (Å²) in [5.41, 5.74) is 0.217. The molecule has 1 rings (SSSR count). The van der Waals surface area contributed by atoms with E-state index in [0.717, 1.165) is 0 Å². The summed E-state index contributed by atoms with van der Waals surface area (Å²) in [7, 11) is 0.440. The Morgan fingerprint density at radius 2 is 2.10 bits per heavy atom. The SMILES string of the molecule is CCn1cc(S(=O)(=O)Cl)cc1C(=O)NCCS(=O)CC. The topological polar surface area (TPSA) is 85.2 Å². The number of rotatable bonds is 7. The van der Waals surface area contributed by atoms with Crippen LogP contribution in [-0.2, 0) is 26.4 Å². The molecule has 1 aromatic heterocycles. The molecule has 114 valence electrons. The Labute approximate surface area is 125 Å². The number of carbonyl (C=O) groups excluding carboxylic acids is 1. The van der Waals surface area contributed by atoms with Gasteiger partial charge in [-0.25, -0.2) is 8.42 Å². The van der Waals surface area contributed by atoms with Gasteiger partial charge in [0.2, 0.25) is 0 Å². The van der Waals surface area contributed by atoms with Gasteiger partial charge in [-0.1, -0.05) is 6.92 Å². The zero-order valence-electron chi connectivity index (χ0n) is 11.3. The van der Waals surface area contributed by atoms with E-state index in [-0.39, 0.29) is 17.1 Å². The van der Waals surface area contributed by atoms with Crippen molar-refractivity contribution in [2.75, 3.05) is 18.1 Å². The van der Waals surface area contributed by atoms with Gasteiger partial charge in [-0.15, -0.1) is 0 Å². The Balaban J connectivity index is 2.82. The van der Waals surface area contributed by atoms with Crippen molar-refractivity contribution in [3.05, 3.63) is 18.0 Å². The van der Waals surface area contributed by atoms with Crippen LogP contribution in [0.15, 0.2) is 17.2 Å². The smallest absolute Gasteiger partial charge is 0.267 e. The van der Waals surface area contributed by atoms with Crippen molar-refractivity contribution in [1.82, 2.24) is 9.88 Å². The van der Waals surface area contributed by atoms with E-state index in [9.17, 15) is 17.4 Å². The lowest BCUT2D eigenvalue weighted by molar-refractivity contribution is 0.0947. The molecule has 20 heavy (non-hydrogen) atoms. The molecule has 1 aromatic rings. The van der Waals surface area contributed by atoms with Crippen LogP contribution in [0.25, 0.3) is 0 Å². The summed E-state index contributed by atoms with van der Waals surface area (Å²) >= 11 is 0. The van der Waals surface area contributed by atoms with Crippen LogP contribution < -0.4 is 5.32 Å². The Morgan fingerprint density at radius 1 is 1.45 bits per heavy atom. The van der Waals surface area contributed by atoms with Crippen LogP contribution in [0.5, 0.6) is 0 Å². The van der Waals surface area contributed by atoms with Crippen LogP contribution in [0, 0.1) is 0 Å². The van der Waals surface area contributed by atoms with Crippen molar-refractivity contribution in [2.45, 2.75) is 25.3 Å². The van der Waals surface area contributed by atoms with Crippen LogP contribution in [0.4, 0.5) is 0 Å². The zero-order chi connectivity index (χ0) is 15.3. The minimum atomic E-state index is -3.86. The summed E-state index contributed by atoms with van der Waals surface area (Å²) in [4.78, 5) is 11.9. The normalized spacial score (nSPS) is 13.2. The van der Waals surface area contributed by atoms with Gasteiger partial charge >= 0.3 is 0 Å². The van der Waals surface area contributed by atoms with Gasteiger partial charge in [0.25, 0.3) is 15.0 Å². The molecule has 1 heterocycles. The highest BCUT2D eigenvalue weighted by Crippen LogP contribution is 2.18. The van der Waals surface area contributed by atoms with E-state index in [1.54, 1.807) is 13.8 Å². The van der Waals surface area contributed by atoms with E-state index in [1.807, 2.05) is 0 Å². The predicted octanol–water partition coefficient (Wildman–Crippen LogP) is 0.934. The molecule has 6 nitrogen and oxygen atoms in total. The Morgan fingerprint density at radius 3 is 2.60 bits per heavy atom. The molecule has 0 saturated heterocycles. The first-order valence-electron chi connectivity index (χ1n) is 6.07. The molecule has 0 radical (unpaired) electrons. The summed E-state index contributed by atoms with van der Waals surface area (Å²) in [5, 5.41) is 2.61. The largest absolute Gasteiger partial charge is 0.350 e. The van der Waals surface area contributed by atoms with Crippen molar-refractivity contribution in [3.8, 4) is 0 Å². The molecule has 1 unspecified atom stereocenters. The number of carbonyl (C=O) groups is 1. The van der Waals surface area contributed by atoms with E-state index in [2.05, 4.69) is 5.32 Å². The van der Waals surface area contributed by atoms with E-state index in [0.29, 0.717) is 18.1 Å². The van der Waals surface area contributed by atoms with Crippen LogP contribution in [0.2, 0.25) is 0 Å². The molecule has 0 saturated carbocycles. The maximum atomic E-state index is 12.0. The van der Waals surface area contributed by atoms with Crippen molar-refractivity contribution in [3.63, 3.8) is 0 Å². The molecule has 9 heteroatoms. The van der Waals surface area contributed by atoms with E-state index in [4.69, 9.17) is 10.7 Å². The quantitative estimate of drug-likeness (QED) is 0.748. The highest BCUT2D eigenvalue weighted by Gasteiger charge is 2.19. The highest BCUT2D eigenvalue weighted by atomic mass is 35.7.